The number of allylic oxidation sites excluding steroid dienone is 11. The van der Waals surface area contributed by atoms with Gasteiger partial charge in [-0.15, -0.1) is 0 Å². The molecule has 0 spiro atoms. The van der Waals surface area contributed by atoms with Crippen molar-refractivity contribution >= 4 is 13.7 Å². The zero-order chi connectivity index (χ0) is 58.4. The Morgan fingerprint density at radius 1 is 0.438 bits per heavy atom. The van der Waals surface area contributed by atoms with Crippen LogP contribution < -0.4 is 5.32 Å². The molecule has 0 bridgehead atoms. The molecular weight excluding hydrogens is 1010 g/mol. The molecule has 0 aromatic carbocycles. The first kappa shape index (κ1) is 77.9. The van der Waals surface area contributed by atoms with Gasteiger partial charge in [0.15, 0.2) is 0 Å². The van der Waals surface area contributed by atoms with Crippen LogP contribution in [-0.2, 0) is 18.4 Å². The van der Waals surface area contributed by atoms with Crippen LogP contribution >= 0.6 is 7.82 Å². The second-order valence-electron chi connectivity index (χ2n) is 24.5. The number of aliphatic hydroxyl groups is 1. The maximum Gasteiger partial charge on any atom is 0.472 e. The van der Waals surface area contributed by atoms with Crippen molar-refractivity contribution in [2.24, 2.45) is 0 Å². The Bertz CT molecular complexity index is 1530. The summed E-state index contributed by atoms with van der Waals surface area (Å²) in [6.07, 6.45) is 86.3. The minimum atomic E-state index is -4.36. The highest BCUT2D eigenvalue weighted by molar-refractivity contribution is 7.47. The van der Waals surface area contributed by atoms with Crippen molar-refractivity contribution in [1.82, 2.24) is 5.32 Å². The number of nitrogens with zero attached hydrogens (tertiary/aromatic N) is 1. The van der Waals surface area contributed by atoms with E-state index in [2.05, 4.69) is 79.9 Å². The average Bonchev–Trinajstić information content (AvgIpc) is 3.42. The Kier molecular flexibility index (Phi) is 59.9. The number of carbonyl (C=O) groups excluding carboxylic acids is 1. The molecule has 0 saturated carbocycles. The summed E-state index contributed by atoms with van der Waals surface area (Å²) in [4.78, 5) is 23.4. The number of quaternary nitrogens is 1. The van der Waals surface area contributed by atoms with Crippen LogP contribution in [-0.4, -0.2) is 73.4 Å². The number of rotatable bonds is 63. The highest BCUT2D eigenvalue weighted by atomic mass is 31.2. The SMILES string of the molecule is CC/C=C\C/C=C\C/C=C\C/C=C\CCCCCCCCCCCCCCCCCCCCCCCCCCCCC(=O)NC(COP(=O)(O)OCC[N+](C)(C)C)C(O)/C=C/CC/C=C/CCCCCCCCCCCCCCC. The van der Waals surface area contributed by atoms with Crippen molar-refractivity contribution in [1.29, 1.82) is 0 Å². The molecule has 0 aromatic heterocycles. The van der Waals surface area contributed by atoms with E-state index in [1.165, 1.54) is 238 Å². The van der Waals surface area contributed by atoms with Gasteiger partial charge in [-0.05, 0) is 70.6 Å². The Morgan fingerprint density at radius 3 is 1.15 bits per heavy atom. The average molecular weight is 1140 g/mol. The van der Waals surface area contributed by atoms with Gasteiger partial charge in [-0.3, -0.25) is 13.8 Å². The maximum atomic E-state index is 13.0. The van der Waals surface area contributed by atoms with Gasteiger partial charge >= 0.3 is 7.82 Å². The molecule has 0 radical (unpaired) electrons. The van der Waals surface area contributed by atoms with Crippen molar-refractivity contribution in [3.05, 3.63) is 72.9 Å². The van der Waals surface area contributed by atoms with E-state index < -0.39 is 20.0 Å². The molecule has 3 atom stereocenters. The number of aliphatic hydroxyl groups excluding tert-OH is 1. The fourth-order valence-corrected chi connectivity index (χ4v) is 10.8. The van der Waals surface area contributed by atoms with E-state index in [0.717, 1.165) is 64.2 Å². The van der Waals surface area contributed by atoms with Crippen LogP contribution in [0.4, 0.5) is 0 Å². The molecular formula is C71H134N2O6P+. The predicted octanol–water partition coefficient (Wildman–Crippen LogP) is 21.8. The molecule has 0 saturated heterocycles. The standard InChI is InChI=1S/C71H133N2O6P/c1-6-8-10-12-14-16-18-20-22-24-26-27-28-29-30-31-32-33-34-35-36-37-38-39-40-41-42-43-44-45-47-49-51-53-55-57-59-61-63-65-71(75)72-69(68-79-80(76,77)78-67-66-73(3,4)5)70(74)64-62-60-58-56-54-52-50-48-46-25-23-21-19-17-15-13-11-9-7-2/h8,10,14,16,20,22,26-27,54,56,62,64,69-70,74H,6-7,9,11-13,15,17-19,21,23-25,28-53,55,57-61,63,65-68H2,1-5H3,(H-,72,75,76,77)/p+1/b10-8-,16-14-,22-20-,27-26-,56-54+,64-62+. The van der Waals surface area contributed by atoms with E-state index in [9.17, 15) is 19.4 Å². The van der Waals surface area contributed by atoms with Crippen molar-refractivity contribution in [2.75, 3.05) is 40.9 Å². The number of nitrogens with one attached hydrogen (secondary N) is 1. The number of phosphoric acid groups is 1. The van der Waals surface area contributed by atoms with Gasteiger partial charge in [0.05, 0.1) is 39.9 Å². The van der Waals surface area contributed by atoms with Crippen molar-refractivity contribution in [2.45, 2.75) is 334 Å². The van der Waals surface area contributed by atoms with E-state index in [0.29, 0.717) is 17.4 Å². The fraction of sp³-hybridized carbons (Fsp3) is 0.817. The number of hydrogen-bond acceptors (Lipinski definition) is 5. The number of amides is 1. The summed E-state index contributed by atoms with van der Waals surface area (Å²) in [7, 11) is 1.56. The number of phosphoric ester groups is 1. The number of unbranched alkanes of at least 4 members (excludes halogenated alkanes) is 40. The molecule has 0 rings (SSSR count). The lowest BCUT2D eigenvalue weighted by Crippen LogP contribution is -2.45. The number of carbonyl (C=O) groups is 1. The zero-order valence-electron chi connectivity index (χ0n) is 53.6. The highest BCUT2D eigenvalue weighted by Crippen LogP contribution is 2.43. The molecule has 9 heteroatoms. The van der Waals surface area contributed by atoms with Gasteiger partial charge < -0.3 is 19.8 Å². The molecule has 0 aliphatic carbocycles. The van der Waals surface area contributed by atoms with E-state index in [1.54, 1.807) is 6.08 Å². The Hall–Kier alpha value is -2.06. The molecule has 468 valence electrons. The Morgan fingerprint density at radius 2 is 0.762 bits per heavy atom. The van der Waals surface area contributed by atoms with Crippen LogP contribution in [0.1, 0.15) is 322 Å². The summed E-state index contributed by atoms with van der Waals surface area (Å²) < 4.78 is 23.8. The smallest absolute Gasteiger partial charge is 0.387 e. The van der Waals surface area contributed by atoms with Crippen LogP contribution in [0.25, 0.3) is 0 Å². The Labute approximate surface area is 497 Å². The quantitative estimate of drug-likeness (QED) is 0.0243. The number of likely N-dealkylation sites (N-methyl/N-ethyl adjacent to an activating group) is 1. The monoisotopic (exact) mass is 1140 g/mol. The van der Waals surface area contributed by atoms with Gasteiger partial charge in [0, 0.05) is 6.42 Å². The Balaban J connectivity index is 3.96. The summed E-state index contributed by atoms with van der Waals surface area (Å²) in [6.45, 7) is 4.72. The lowest BCUT2D eigenvalue weighted by Gasteiger charge is -2.25. The third kappa shape index (κ3) is 63.5. The van der Waals surface area contributed by atoms with Crippen molar-refractivity contribution in [3.8, 4) is 0 Å². The summed E-state index contributed by atoms with van der Waals surface area (Å²) in [5.41, 5.74) is 0. The van der Waals surface area contributed by atoms with E-state index >= 15 is 0 Å². The van der Waals surface area contributed by atoms with Gasteiger partial charge in [-0.25, -0.2) is 4.57 Å². The summed E-state index contributed by atoms with van der Waals surface area (Å²) in [5, 5.41) is 14.0. The minimum Gasteiger partial charge on any atom is -0.387 e. The van der Waals surface area contributed by atoms with Crippen LogP contribution in [0.3, 0.4) is 0 Å². The second-order valence-corrected chi connectivity index (χ2v) is 26.0. The molecule has 0 fully saturated rings. The molecule has 3 unspecified atom stereocenters. The predicted molar refractivity (Wildman–Crippen MR) is 350 cm³/mol. The van der Waals surface area contributed by atoms with Gasteiger partial charge in [-0.1, -0.05) is 318 Å². The first-order valence-corrected chi connectivity index (χ1v) is 35.8. The van der Waals surface area contributed by atoms with E-state index in [-0.39, 0.29) is 19.1 Å². The lowest BCUT2D eigenvalue weighted by molar-refractivity contribution is -0.870. The first-order chi connectivity index (χ1) is 39.0. The first-order valence-electron chi connectivity index (χ1n) is 34.3. The second kappa shape index (κ2) is 61.5. The summed E-state index contributed by atoms with van der Waals surface area (Å²) in [5.74, 6) is -0.182. The minimum absolute atomic E-state index is 0.0566. The van der Waals surface area contributed by atoms with Crippen molar-refractivity contribution in [3.63, 3.8) is 0 Å². The van der Waals surface area contributed by atoms with Crippen LogP contribution in [0.5, 0.6) is 0 Å². The third-order valence-electron chi connectivity index (χ3n) is 15.4. The fourth-order valence-electron chi connectivity index (χ4n) is 10.1. The molecule has 0 heterocycles. The summed E-state index contributed by atoms with van der Waals surface area (Å²) >= 11 is 0. The van der Waals surface area contributed by atoms with Crippen LogP contribution in [0.2, 0.25) is 0 Å². The van der Waals surface area contributed by atoms with Crippen LogP contribution in [0, 0.1) is 0 Å². The molecule has 0 aliphatic heterocycles. The highest BCUT2D eigenvalue weighted by Gasteiger charge is 2.28. The summed E-state index contributed by atoms with van der Waals surface area (Å²) in [6, 6.07) is -0.864. The zero-order valence-corrected chi connectivity index (χ0v) is 54.5. The number of hydrogen-bond donors (Lipinski definition) is 3. The van der Waals surface area contributed by atoms with Gasteiger partial charge in [0.2, 0.25) is 5.91 Å². The molecule has 0 aliphatic rings. The maximum absolute atomic E-state index is 13.0. The van der Waals surface area contributed by atoms with Gasteiger partial charge in [-0.2, -0.15) is 0 Å². The van der Waals surface area contributed by atoms with Crippen LogP contribution in [0.15, 0.2) is 72.9 Å². The lowest BCUT2D eigenvalue weighted by atomic mass is 10.0. The van der Waals surface area contributed by atoms with E-state index in [4.69, 9.17) is 9.05 Å². The molecule has 80 heavy (non-hydrogen) atoms. The van der Waals surface area contributed by atoms with Crippen molar-refractivity contribution < 1.29 is 32.9 Å². The molecule has 8 nitrogen and oxygen atoms in total. The molecule has 0 aromatic rings. The van der Waals surface area contributed by atoms with E-state index in [1.807, 2.05) is 27.2 Å². The molecule has 3 N–H and O–H groups in total. The molecule has 1 amide bonds. The largest absolute Gasteiger partial charge is 0.472 e. The van der Waals surface area contributed by atoms with Gasteiger partial charge in [0.25, 0.3) is 0 Å². The third-order valence-corrected chi connectivity index (χ3v) is 16.4. The topological polar surface area (TPSA) is 105 Å². The van der Waals surface area contributed by atoms with Gasteiger partial charge in [0.1, 0.15) is 13.2 Å². The normalized spacial score (nSPS) is 14.1.